The van der Waals surface area contributed by atoms with Crippen LogP contribution in [0.5, 0.6) is 0 Å². The molecule has 1 amide bonds. The zero-order valence-electron chi connectivity index (χ0n) is 11.6. The second kappa shape index (κ2) is 5.25. The Morgan fingerprint density at radius 1 is 1.47 bits per heavy atom. The topological polar surface area (TPSA) is 29.5 Å². The Balaban J connectivity index is 1.77. The van der Waals surface area contributed by atoms with Crippen molar-refractivity contribution in [3.05, 3.63) is 21.4 Å². The Kier molecular flexibility index (Phi) is 3.63. The molecule has 1 aromatic heterocycles. The summed E-state index contributed by atoms with van der Waals surface area (Å²) >= 11 is 1.71. The number of carbonyl (C=O) groups excluding carboxylic acids is 1. The molecule has 2 atom stereocenters. The molecule has 1 saturated heterocycles. The number of carbonyl (C=O) groups is 1. The van der Waals surface area contributed by atoms with Crippen LogP contribution in [-0.2, 0) is 17.6 Å². The van der Waals surface area contributed by atoms with Gasteiger partial charge in [0.2, 0.25) is 0 Å². The monoisotopic (exact) mass is 279 g/mol. The molecular formula is C15H21NO2S. The lowest BCUT2D eigenvalue weighted by Crippen LogP contribution is -2.44. The number of morpholine rings is 1. The Morgan fingerprint density at radius 3 is 3.11 bits per heavy atom. The minimum absolute atomic E-state index is 0.160. The van der Waals surface area contributed by atoms with Crippen molar-refractivity contribution in [2.45, 2.75) is 39.2 Å². The van der Waals surface area contributed by atoms with Gasteiger partial charge in [-0.3, -0.25) is 4.79 Å². The molecule has 19 heavy (non-hydrogen) atoms. The van der Waals surface area contributed by atoms with Gasteiger partial charge in [0.25, 0.3) is 5.91 Å². The fourth-order valence-corrected chi connectivity index (χ4v) is 4.15. The standard InChI is InChI=1S/C15H21NO2S/c1-10-3-4-13-12(7-10)8-14(19-13)15(17)16-5-6-18-11(2)9-16/h8,10-11H,3-7,9H2,1-2H3/t10-,11+/m0/s1. The number of rotatable bonds is 1. The molecule has 104 valence electrons. The third-order valence-electron chi connectivity index (χ3n) is 4.07. The highest BCUT2D eigenvalue weighted by atomic mass is 32.1. The van der Waals surface area contributed by atoms with Crippen molar-refractivity contribution in [2.24, 2.45) is 5.92 Å². The van der Waals surface area contributed by atoms with Crippen LogP contribution in [0, 0.1) is 5.92 Å². The second-order valence-corrected chi connectivity index (χ2v) is 6.98. The summed E-state index contributed by atoms with van der Waals surface area (Å²) in [5.74, 6) is 0.954. The van der Waals surface area contributed by atoms with Crippen LogP contribution in [0.2, 0.25) is 0 Å². The van der Waals surface area contributed by atoms with E-state index in [1.54, 1.807) is 11.3 Å². The summed E-state index contributed by atoms with van der Waals surface area (Å²) in [7, 11) is 0. The van der Waals surface area contributed by atoms with E-state index in [0.717, 1.165) is 36.7 Å². The zero-order chi connectivity index (χ0) is 13.4. The zero-order valence-corrected chi connectivity index (χ0v) is 12.5. The van der Waals surface area contributed by atoms with Gasteiger partial charge in [0.05, 0.1) is 17.6 Å². The summed E-state index contributed by atoms with van der Waals surface area (Å²) in [6.45, 7) is 6.43. The number of amides is 1. The first-order valence-corrected chi connectivity index (χ1v) is 7.97. The van der Waals surface area contributed by atoms with Gasteiger partial charge in [-0.25, -0.2) is 0 Å². The van der Waals surface area contributed by atoms with Gasteiger partial charge in [0, 0.05) is 18.0 Å². The predicted molar refractivity (Wildman–Crippen MR) is 76.8 cm³/mol. The van der Waals surface area contributed by atoms with E-state index < -0.39 is 0 Å². The predicted octanol–water partition coefficient (Wildman–Crippen LogP) is 2.73. The average Bonchev–Trinajstić information content (AvgIpc) is 2.80. The van der Waals surface area contributed by atoms with Crippen molar-refractivity contribution >= 4 is 17.2 Å². The first-order chi connectivity index (χ1) is 9.13. The molecule has 0 aromatic carbocycles. The first-order valence-electron chi connectivity index (χ1n) is 7.16. The molecule has 2 heterocycles. The van der Waals surface area contributed by atoms with Crippen molar-refractivity contribution in [2.75, 3.05) is 19.7 Å². The molecule has 4 heteroatoms. The quantitative estimate of drug-likeness (QED) is 0.791. The molecule has 0 N–H and O–H groups in total. The Bertz CT molecular complexity index is 482. The summed E-state index contributed by atoms with van der Waals surface area (Å²) in [6.07, 6.45) is 3.70. The molecule has 2 aliphatic rings. The minimum Gasteiger partial charge on any atom is -0.375 e. The van der Waals surface area contributed by atoms with Crippen molar-refractivity contribution in [3.63, 3.8) is 0 Å². The third kappa shape index (κ3) is 2.70. The number of aryl methyl sites for hydroxylation is 1. The van der Waals surface area contributed by atoms with Crippen LogP contribution in [0.4, 0.5) is 0 Å². The van der Waals surface area contributed by atoms with E-state index >= 15 is 0 Å². The van der Waals surface area contributed by atoms with Crippen LogP contribution in [0.15, 0.2) is 6.07 Å². The summed E-state index contributed by atoms with van der Waals surface area (Å²) in [6, 6.07) is 2.14. The van der Waals surface area contributed by atoms with Gasteiger partial charge in [-0.15, -0.1) is 11.3 Å². The maximum atomic E-state index is 12.5. The highest BCUT2D eigenvalue weighted by Gasteiger charge is 2.26. The lowest BCUT2D eigenvalue weighted by molar-refractivity contribution is -0.0122. The van der Waals surface area contributed by atoms with E-state index in [2.05, 4.69) is 13.0 Å². The number of ether oxygens (including phenoxy) is 1. The molecule has 0 saturated carbocycles. The lowest BCUT2D eigenvalue weighted by atomic mass is 9.90. The van der Waals surface area contributed by atoms with Gasteiger partial charge in [-0.1, -0.05) is 6.92 Å². The maximum Gasteiger partial charge on any atom is 0.264 e. The van der Waals surface area contributed by atoms with E-state index in [1.807, 2.05) is 11.8 Å². The Morgan fingerprint density at radius 2 is 2.32 bits per heavy atom. The van der Waals surface area contributed by atoms with Crippen LogP contribution in [-0.4, -0.2) is 36.6 Å². The van der Waals surface area contributed by atoms with Crippen LogP contribution in [0.1, 0.15) is 40.4 Å². The fourth-order valence-electron chi connectivity index (χ4n) is 2.97. The van der Waals surface area contributed by atoms with E-state index in [0.29, 0.717) is 6.61 Å². The van der Waals surface area contributed by atoms with E-state index in [4.69, 9.17) is 4.74 Å². The number of thiophene rings is 1. The van der Waals surface area contributed by atoms with Gasteiger partial charge in [-0.2, -0.15) is 0 Å². The largest absolute Gasteiger partial charge is 0.375 e. The molecule has 0 unspecified atom stereocenters. The third-order valence-corrected chi connectivity index (χ3v) is 5.29. The van der Waals surface area contributed by atoms with Crippen molar-refractivity contribution in [3.8, 4) is 0 Å². The number of hydrogen-bond donors (Lipinski definition) is 0. The van der Waals surface area contributed by atoms with Crippen molar-refractivity contribution in [1.29, 1.82) is 0 Å². The molecule has 1 fully saturated rings. The summed E-state index contributed by atoms with van der Waals surface area (Å²) in [4.78, 5) is 16.8. The summed E-state index contributed by atoms with van der Waals surface area (Å²) in [5.41, 5.74) is 1.41. The first kappa shape index (κ1) is 13.1. The van der Waals surface area contributed by atoms with Crippen molar-refractivity contribution < 1.29 is 9.53 Å². The lowest BCUT2D eigenvalue weighted by Gasteiger charge is -2.30. The number of nitrogens with zero attached hydrogens (tertiary/aromatic N) is 1. The molecule has 3 rings (SSSR count). The molecule has 0 spiro atoms. The molecule has 1 aliphatic heterocycles. The normalized spacial score (nSPS) is 27.2. The van der Waals surface area contributed by atoms with E-state index in [9.17, 15) is 4.79 Å². The Labute approximate surface area is 118 Å². The fraction of sp³-hybridized carbons (Fsp3) is 0.667. The van der Waals surface area contributed by atoms with Gasteiger partial charge in [0.1, 0.15) is 0 Å². The van der Waals surface area contributed by atoms with Gasteiger partial charge in [0.15, 0.2) is 0 Å². The van der Waals surface area contributed by atoms with Crippen LogP contribution < -0.4 is 0 Å². The molecule has 0 bridgehead atoms. The van der Waals surface area contributed by atoms with E-state index in [1.165, 1.54) is 16.9 Å². The molecule has 1 aromatic rings. The van der Waals surface area contributed by atoms with Gasteiger partial charge >= 0.3 is 0 Å². The minimum atomic E-state index is 0.160. The molecule has 1 aliphatic carbocycles. The molecule has 3 nitrogen and oxygen atoms in total. The molecular weight excluding hydrogens is 258 g/mol. The average molecular weight is 279 g/mol. The van der Waals surface area contributed by atoms with Crippen molar-refractivity contribution in [1.82, 2.24) is 4.90 Å². The summed E-state index contributed by atoms with van der Waals surface area (Å²) < 4.78 is 5.50. The van der Waals surface area contributed by atoms with Crippen LogP contribution in [0.3, 0.4) is 0 Å². The smallest absolute Gasteiger partial charge is 0.264 e. The van der Waals surface area contributed by atoms with Gasteiger partial charge < -0.3 is 9.64 Å². The number of fused-ring (bicyclic) bond motifs is 1. The van der Waals surface area contributed by atoms with Crippen LogP contribution >= 0.6 is 11.3 Å². The second-order valence-electron chi connectivity index (χ2n) is 5.84. The Hall–Kier alpha value is -0.870. The number of hydrogen-bond acceptors (Lipinski definition) is 3. The van der Waals surface area contributed by atoms with E-state index in [-0.39, 0.29) is 12.0 Å². The van der Waals surface area contributed by atoms with Gasteiger partial charge in [-0.05, 0) is 43.7 Å². The highest BCUT2D eigenvalue weighted by molar-refractivity contribution is 7.14. The maximum absolute atomic E-state index is 12.5. The SMILES string of the molecule is C[C@H]1CCc2sc(C(=O)N3CCO[C@H](C)C3)cc2C1. The summed E-state index contributed by atoms with van der Waals surface area (Å²) in [5, 5.41) is 0. The highest BCUT2D eigenvalue weighted by Crippen LogP contribution is 2.32. The van der Waals surface area contributed by atoms with Crippen LogP contribution in [0.25, 0.3) is 0 Å². The molecule has 0 radical (unpaired) electrons.